The van der Waals surface area contributed by atoms with Crippen LogP contribution in [0.15, 0.2) is 47.2 Å². The zero-order valence-corrected chi connectivity index (χ0v) is 23.3. The van der Waals surface area contributed by atoms with Gasteiger partial charge in [-0.05, 0) is 58.5 Å². The number of amides is 1. The van der Waals surface area contributed by atoms with Crippen molar-refractivity contribution in [2.24, 2.45) is 0 Å². The average Bonchev–Trinajstić information content (AvgIpc) is 3.63. The molecule has 0 bridgehead atoms. The Morgan fingerprint density at radius 3 is 2.68 bits per heavy atom. The van der Waals surface area contributed by atoms with Gasteiger partial charge in [-0.1, -0.05) is 11.2 Å². The molecule has 1 aromatic carbocycles. The number of rotatable bonds is 7. The summed E-state index contributed by atoms with van der Waals surface area (Å²) in [4.78, 5) is 18.9. The largest absolute Gasteiger partial charge is 0.406 e. The van der Waals surface area contributed by atoms with Crippen LogP contribution in [0.4, 0.5) is 23.2 Å². The van der Waals surface area contributed by atoms with E-state index in [1.54, 1.807) is 36.5 Å². The molecule has 0 aliphatic carbocycles. The molecular weight excluding hydrogens is 542 g/mol. The zero-order valence-electron chi connectivity index (χ0n) is 23.3. The van der Waals surface area contributed by atoms with Crippen LogP contribution < -0.4 is 10.6 Å². The van der Waals surface area contributed by atoms with Gasteiger partial charge < -0.3 is 29.2 Å². The van der Waals surface area contributed by atoms with Gasteiger partial charge in [0.2, 0.25) is 11.7 Å². The molecule has 0 saturated carbocycles. The molecule has 13 heteroatoms. The summed E-state index contributed by atoms with van der Waals surface area (Å²) in [5.74, 6) is -0.370. The van der Waals surface area contributed by atoms with E-state index in [0.29, 0.717) is 41.7 Å². The Morgan fingerprint density at radius 2 is 1.98 bits per heavy atom. The summed E-state index contributed by atoms with van der Waals surface area (Å²) < 4.78 is 63.9. The van der Waals surface area contributed by atoms with E-state index < -0.39 is 24.9 Å². The summed E-state index contributed by atoms with van der Waals surface area (Å²) in [6.45, 7) is 5.76. The SMILES string of the molecule is CN1CC[C@@H](F)[C@@H](Nc2cccc3c2cc(-c2noc(CNC(=O)c4ccn(C(C)(C)C)c4)n2)n3CC(F)(F)F)C1. The van der Waals surface area contributed by atoms with Gasteiger partial charge in [0.1, 0.15) is 12.7 Å². The van der Waals surface area contributed by atoms with E-state index in [9.17, 15) is 22.4 Å². The Bertz CT molecular complexity index is 1530. The molecule has 220 valence electrons. The van der Waals surface area contributed by atoms with Crippen LogP contribution in [0, 0.1) is 0 Å². The topological polar surface area (TPSA) is 93.2 Å². The molecule has 2 atom stereocenters. The number of hydrogen-bond donors (Lipinski definition) is 2. The van der Waals surface area contributed by atoms with E-state index in [1.807, 2.05) is 43.5 Å². The number of piperidine rings is 1. The van der Waals surface area contributed by atoms with Crippen molar-refractivity contribution in [3.63, 3.8) is 0 Å². The molecule has 3 aromatic heterocycles. The maximum atomic E-state index is 14.7. The second-order valence-corrected chi connectivity index (χ2v) is 11.5. The maximum Gasteiger partial charge on any atom is 0.406 e. The number of aromatic nitrogens is 4. The lowest BCUT2D eigenvalue weighted by Gasteiger charge is -2.33. The fourth-order valence-corrected chi connectivity index (χ4v) is 5.00. The minimum Gasteiger partial charge on any atom is -0.378 e. The highest BCUT2D eigenvalue weighted by Crippen LogP contribution is 2.35. The van der Waals surface area contributed by atoms with Gasteiger partial charge in [-0.2, -0.15) is 18.2 Å². The molecular formula is C28H33F4N7O2. The van der Waals surface area contributed by atoms with Gasteiger partial charge in [0, 0.05) is 42.1 Å². The number of likely N-dealkylation sites (tertiary alicyclic amines) is 1. The first-order valence-corrected chi connectivity index (χ1v) is 13.4. The maximum absolute atomic E-state index is 14.7. The quantitative estimate of drug-likeness (QED) is 0.295. The van der Waals surface area contributed by atoms with Crippen LogP contribution >= 0.6 is 0 Å². The number of carbonyl (C=O) groups is 1. The highest BCUT2D eigenvalue weighted by atomic mass is 19.4. The lowest BCUT2D eigenvalue weighted by molar-refractivity contribution is -0.139. The fraction of sp³-hybridized carbons (Fsp3) is 0.464. The Kier molecular flexibility index (Phi) is 7.58. The van der Waals surface area contributed by atoms with Gasteiger partial charge in [0.05, 0.1) is 29.4 Å². The first kappa shape index (κ1) is 28.7. The molecule has 1 amide bonds. The first-order chi connectivity index (χ1) is 19.3. The lowest BCUT2D eigenvalue weighted by Crippen LogP contribution is -2.47. The Hall–Kier alpha value is -3.87. The minimum absolute atomic E-state index is 0.0382. The molecule has 1 fully saturated rings. The van der Waals surface area contributed by atoms with E-state index >= 15 is 0 Å². The summed E-state index contributed by atoms with van der Waals surface area (Å²) in [7, 11) is 1.90. The zero-order chi connectivity index (χ0) is 29.5. The molecule has 9 nitrogen and oxygen atoms in total. The molecule has 4 heterocycles. The molecule has 0 radical (unpaired) electrons. The second kappa shape index (κ2) is 10.8. The van der Waals surface area contributed by atoms with Gasteiger partial charge in [0.25, 0.3) is 5.91 Å². The van der Waals surface area contributed by atoms with Crippen molar-refractivity contribution in [1.82, 2.24) is 29.5 Å². The van der Waals surface area contributed by atoms with Crippen LogP contribution in [0.1, 0.15) is 43.4 Å². The molecule has 5 rings (SSSR count). The third-order valence-corrected chi connectivity index (χ3v) is 7.18. The van der Waals surface area contributed by atoms with Crippen LogP contribution in [0.2, 0.25) is 0 Å². The Labute approximate surface area is 234 Å². The van der Waals surface area contributed by atoms with Crippen molar-refractivity contribution in [1.29, 1.82) is 0 Å². The monoisotopic (exact) mass is 575 g/mol. The van der Waals surface area contributed by atoms with Gasteiger partial charge in [-0.3, -0.25) is 4.79 Å². The first-order valence-electron chi connectivity index (χ1n) is 13.4. The highest BCUT2D eigenvalue weighted by molar-refractivity contribution is 5.96. The van der Waals surface area contributed by atoms with Crippen LogP contribution in [-0.2, 0) is 18.6 Å². The molecule has 41 heavy (non-hydrogen) atoms. The molecule has 1 aliphatic rings. The number of carbonyl (C=O) groups excluding carboxylic acids is 1. The summed E-state index contributed by atoms with van der Waals surface area (Å²) in [5.41, 5.74) is 1.16. The van der Waals surface area contributed by atoms with Crippen molar-refractivity contribution < 1.29 is 26.9 Å². The normalized spacial score (nSPS) is 18.6. The number of likely N-dealkylation sites (N-methyl/N-ethyl adjacent to an activating group) is 1. The van der Waals surface area contributed by atoms with Gasteiger partial charge in [-0.25, -0.2) is 4.39 Å². The van der Waals surface area contributed by atoms with E-state index in [1.165, 1.54) is 0 Å². The third-order valence-electron chi connectivity index (χ3n) is 7.18. The number of hydrogen-bond acceptors (Lipinski definition) is 6. The summed E-state index contributed by atoms with van der Waals surface area (Å²) >= 11 is 0. The minimum atomic E-state index is -4.52. The van der Waals surface area contributed by atoms with Crippen molar-refractivity contribution in [2.75, 3.05) is 25.5 Å². The number of alkyl halides is 4. The third kappa shape index (κ3) is 6.39. The molecule has 1 aliphatic heterocycles. The predicted molar refractivity (Wildman–Crippen MR) is 146 cm³/mol. The number of anilines is 1. The van der Waals surface area contributed by atoms with Gasteiger partial charge >= 0.3 is 6.18 Å². The van der Waals surface area contributed by atoms with Crippen molar-refractivity contribution in [3.05, 3.63) is 54.2 Å². The highest BCUT2D eigenvalue weighted by Gasteiger charge is 2.32. The smallest absolute Gasteiger partial charge is 0.378 e. The van der Waals surface area contributed by atoms with Crippen LogP contribution in [0.25, 0.3) is 22.4 Å². The number of benzene rings is 1. The number of nitrogens with one attached hydrogen (secondary N) is 2. The number of halogens is 4. The van der Waals surface area contributed by atoms with Crippen LogP contribution in [0.3, 0.4) is 0 Å². The summed E-state index contributed by atoms with van der Waals surface area (Å²) in [5, 5.41) is 10.3. The van der Waals surface area contributed by atoms with Crippen molar-refractivity contribution in [3.8, 4) is 11.5 Å². The van der Waals surface area contributed by atoms with Crippen LogP contribution in [-0.4, -0.2) is 68.6 Å². The summed E-state index contributed by atoms with van der Waals surface area (Å²) in [6.07, 6.45) is -1.70. The standard InChI is InChI=1S/C28H33F4N7O2/c1-27(2,3)38-11-8-17(14-38)26(40)33-13-24-35-25(36-41-24)23-12-18-20(34-21-15-37(4)10-9-19(21)29)6-5-7-22(18)39(23)16-28(30,31)32/h5-8,11-12,14,19,21,34H,9-10,13,15-16H2,1-4H3,(H,33,40)/t19-,21+/m1/s1. The molecule has 2 N–H and O–H groups in total. The fourth-order valence-electron chi connectivity index (χ4n) is 5.00. The predicted octanol–water partition coefficient (Wildman–Crippen LogP) is 5.19. The van der Waals surface area contributed by atoms with Gasteiger partial charge in [-0.15, -0.1) is 0 Å². The van der Waals surface area contributed by atoms with Crippen molar-refractivity contribution >= 4 is 22.5 Å². The Balaban J connectivity index is 1.40. The summed E-state index contributed by atoms with van der Waals surface area (Å²) in [6, 6.07) is 7.65. The van der Waals surface area contributed by atoms with E-state index in [2.05, 4.69) is 20.8 Å². The molecule has 4 aromatic rings. The van der Waals surface area contributed by atoms with E-state index in [4.69, 9.17) is 4.52 Å². The molecule has 0 spiro atoms. The number of nitrogens with zero attached hydrogens (tertiary/aromatic N) is 5. The average molecular weight is 576 g/mol. The van der Waals surface area contributed by atoms with Crippen LogP contribution in [0.5, 0.6) is 0 Å². The number of fused-ring (bicyclic) bond motifs is 1. The molecule has 0 unspecified atom stereocenters. The Morgan fingerprint density at radius 1 is 1.20 bits per heavy atom. The van der Waals surface area contributed by atoms with E-state index in [-0.39, 0.29) is 35.4 Å². The van der Waals surface area contributed by atoms with Crippen molar-refractivity contribution in [2.45, 2.75) is 64.2 Å². The second-order valence-electron chi connectivity index (χ2n) is 11.5. The van der Waals surface area contributed by atoms with E-state index in [0.717, 1.165) is 4.57 Å². The van der Waals surface area contributed by atoms with Gasteiger partial charge in [0.15, 0.2) is 0 Å². The lowest BCUT2D eigenvalue weighted by atomic mass is 10.0. The molecule has 1 saturated heterocycles.